The molecule has 0 aromatic heterocycles. The predicted octanol–water partition coefficient (Wildman–Crippen LogP) is 2.40. The Morgan fingerprint density at radius 3 is 2.67 bits per heavy atom. The van der Waals surface area contributed by atoms with E-state index in [-0.39, 0.29) is 24.9 Å². The number of nitrogens with one attached hydrogen (secondary N) is 1. The minimum Gasteiger partial charge on any atom is -0.464 e. The van der Waals surface area contributed by atoms with Gasteiger partial charge < -0.3 is 20.7 Å². The van der Waals surface area contributed by atoms with Crippen LogP contribution in [0, 0.1) is 0 Å². The number of aliphatic imine (C=N–C) groups is 1. The topological polar surface area (TPSA) is 97.0 Å². The Morgan fingerprint density at radius 1 is 1.33 bits per heavy atom. The monoisotopic (exact) mass is 356 g/mol. The Hall–Kier alpha value is -2.28. The van der Waals surface area contributed by atoms with Gasteiger partial charge in [0.1, 0.15) is 6.54 Å². The molecule has 0 unspecified atom stereocenters. The number of rotatable bonds is 6. The molecule has 24 heavy (non-hydrogen) atoms. The molecule has 0 saturated heterocycles. The number of nitrogens with two attached hydrogens (primary N) is 1. The van der Waals surface area contributed by atoms with E-state index in [9.17, 15) is 9.59 Å². The number of hydrogen-bond donors (Lipinski definition) is 2. The summed E-state index contributed by atoms with van der Waals surface area (Å²) in [5.74, 6) is -0.467. The second-order valence-corrected chi connectivity index (χ2v) is 5.03. The van der Waals surface area contributed by atoms with Gasteiger partial charge in [0, 0.05) is 12.7 Å². The first-order valence-corrected chi connectivity index (χ1v) is 7.57. The van der Waals surface area contributed by atoms with E-state index in [0.29, 0.717) is 12.3 Å². The van der Waals surface area contributed by atoms with Gasteiger partial charge in [-0.1, -0.05) is 26.0 Å². The molecule has 0 bridgehead atoms. The average molecular weight is 357 g/mol. The van der Waals surface area contributed by atoms with Crippen LogP contribution in [0.1, 0.15) is 25.8 Å². The van der Waals surface area contributed by atoms with Crippen LogP contribution in [0.15, 0.2) is 29.3 Å². The predicted molar refractivity (Wildman–Crippen MR) is 97.6 cm³/mol. The summed E-state index contributed by atoms with van der Waals surface area (Å²) in [7, 11) is 1.57. The van der Waals surface area contributed by atoms with Crippen LogP contribution in [-0.4, -0.2) is 43.1 Å². The number of guanidine groups is 1. The van der Waals surface area contributed by atoms with E-state index in [0.717, 1.165) is 18.4 Å². The van der Waals surface area contributed by atoms with Gasteiger partial charge in [-0.3, -0.25) is 4.79 Å². The van der Waals surface area contributed by atoms with Crippen molar-refractivity contribution in [2.24, 2.45) is 10.7 Å². The fourth-order valence-corrected chi connectivity index (χ4v) is 1.75. The van der Waals surface area contributed by atoms with Gasteiger partial charge in [-0.2, -0.15) is 4.99 Å². The average Bonchev–Trinajstić information content (AvgIpc) is 2.52. The lowest BCUT2D eigenvalue weighted by Gasteiger charge is -2.16. The quantitative estimate of drug-likeness (QED) is 0.463. The van der Waals surface area contributed by atoms with Gasteiger partial charge in [-0.25, -0.2) is 4.79 Å². The Labute approximate surface area is 148 Å². The summed E-state index contributed by atoms with van der Waals surface area (Å²) in [6, 6.07) is 6.88. The summed E-state index contributed by atoms with van der Waals surface area (Å²) in [4.78, 5) is 28.4. The molecule has 0 aliphatic heterocycles. The van der Waals surface area contributed by atoms with Crippen LogP contribution < -0.4 is 11.1 Å². The number of urea groups is 1. The minimum absolute atomic E-state index is 0. The van der Waals surface area contributed by atoms with Crippen molar-refractivity contribution in [3.63, 3.8) is 0 Å². The smallest absolute Gasteiger partial charge is 0.348 e. The highest BCUT2D eigenvalue weighted by Gasteiger charge is 2.11. The first-order chi connectivity index (χ1) is 11.0. The number of amides is 2. The molecule has 0 aliphatic carbocycles. The van der Waals surface area contributed by atoms with Gasteiger partial charge in [-0.15, -0.1) is 12.4 Å². The first-order valence-electron chi connectivity index (χ1n) is 7.57. The normalized spacial score (nSPS) is 10.5. The van der Waals surface area contributed by atoms with E-state index >= 15 is 0 Å². The second kappa shape index (κ2) is 11.3. The fraction of sp³-hybridized carbons (Fsp3) is 0.438. The third-order valence-electron chi connectivity index (χ3n) is 3.03. The Morgan fingerprint density at radius 2 is 2.04 bits per heavy atom. The van der Waals surface area contributed by atoms with Crippen molar-refractivity contribution in [3.05, 3.63) is 29.8 Å². The molecule has 0 heterocycles. The number of carbonyl (C=O) groups excluding carboxylic acids is 2. The molecular weight excluding hydrogens is 332 g/mol. The number of ether oxygens (including phenoxy) is 1. The van der Waals surface area contributed by atoms with E-state index in [4.69, 9.17) is 10.5 Å². The molecule has 3 N–H and O–H groups in total. The number of carbonyl (C=O) groups is 2. The van der Waals surface area contributed by atoms with Crippen molar-refractivity contribution in [1.29, 1.82) is 0 Å². The lowest BCUT2D eigenvalue weighted by atomic mass is 10.1. The van der Waals surface area contributed by atoms with E-state index in [1.807, 2.05) is 32.0 Å². The molecule has 0 fully saturated rings. The number of anilines is 1. The van der Waals surface area contributed by atoms with Crippen LogP contribution in [0.25, 0.3) is 0 Å². The molecule has 134 valence electrons. The summed E-state index contributed by atoms with van der Waals surface area (Å²) in [6.07, 6.45) is 1.62. The van der Waals surface area contributed by atoms with E-state index in [1.54, 1.807) is 13.1 Å². The van der Waals surface area contributed by atoms with Crippen molar-refractivity contribution in [1.82, 2.24) is 4.90 Å². The molecule has 1 aromatic rings. The zero-order valence-electron chi connectivity index (χ0n) is 14.2. The van der Waals surface area contributed by atoms with Crippen LogP contribution in [0.5, 0.6) is 0 Å². The third kappa shape index (κ3) is 7.82. The number of hydrogen-bond acceptors (Lipinski definition) is 3. The highest BCUT2D eigenvalue weighted by atomic mass is 35.5. The van der Waals surface area contributed by atoms with Crippen molar-refractivity contribution < 1.29 is 14.3 Å². The third-order valence-corrected chi connectivity index (χ3v) is 3.03. The number of esters is 1. The number of likely N-dealkylation sites (N-methyl/N-ethyl adjacent to an activating group) is 1. The van der Waals surface area contributed by atoms with Gasteiger partial charge in [-0.05, 0) is 30.5 Å². The lowest BCUT2D eigenvalue weighted by molar-refractivity contribution is -0.143. The SMILES string of the molecule is CCCOC(=O)CN(C)C(N)=NC(=O)Nc1cccc(CC)c1.Cl. The van der Waals surface area contributed by atoms with Crippen LogP contribution in [0.3, 0.4) is 0 Å². The second-order valence-electron chi connectivity index (χ2n) is 5.03. The van der Waals surface area contributed by atoms with Gasteiger partial charge in [0.25, 0.3) is 0 Å². The van der Waals surface area contributed by atoms with Crippen LogP contribution in [-0.2, 0) is 16.0 Å². The summed E-state index contributed by atoms with van der Waals surface area (Å²) >= 11 is 0. The molecule has 1 rings (SSSR count). The molecule has 0 aliphatic rings. The highest BCUT2D eigenvalue weighted by molar-refractivity contribution is 5.99. The summed E-state index contributed by atoms with van der Waals surface area (Å²) in [5, 5.41) is 2.64. The Balaban J connectivity index is 0.00000529. The minimum atomic E-state index is -0.593. The van der Waals surface area contributed by atoms with Crippen LogP contribution >= 0.6 is 12.4 Å². The fourth-order valence-electron chi connectivity index (χ4n) is 1.75. The standard InChI is InChI=1S/C16H24N4O3.ClH/c1-4-9-23-14(21)11-20(3)15(17)19-16(22)18-13-8-6-7-12(5-2)10-13;/h6-8,10H,4-5,9,11H2,1-3H3,(H3,17,18,19,22);1H. The first kappa shape index (κ1) is 21.7. The van der Waals surface area contributed by atoms with E-state index in [2.05, 4.69) is 10.3 Å². The molecule has 0 radical (unpaired) electrons. The van der Waals surface area contributed by atoms with E-state index < -0.39 is 12.0 Å². The number of benzene rings is 1. The van der Waals surface area contributed by atoms with Crippen molar-refractivity contribution in [2.45, 2.75) is 26.7 Å². The molecular formula is C16H25ClN4O3. The number of nitrogens with zero attached hydrogens (tertiary/aromatic N) is 2. The Kier molecular flexibility index (Phi) is 10.2. The molecule has 1 aromatic carbocycles. The zero-order valence-corrected chi connectivity index (χ0v) is 15.1. The maximum Gasteiger partial charge on any atom is 0.348 e. The van der Waals surface area contributed by atoms with Crippen LogP contribution in [0.2, 0.25) is 0 Å². The maximum absolute atomic E-state index is 11.9. The lowest BCUT2D eigenvalue weighted by Crippen LogP contribution is -2.39. The zero-order chi connectivity index (χ0) is 17.2. The van der Waals surface area contributed by atoms with Gasteiger partial charge >= 0.3 is 12.0 Å². The molecule has 0 saturated carbocycles. The van der Waals surface area contributed by atoms with Crippen molar-refractivity contribution in [3.8, 4) is 0 Å². The molecule has 2 amide bonds. The molecule has 0 spiro atoms. The van der Waals surface area contributed by atoms with Gasteiger partial charge in [0.2, 0.25) is 5.96 Å². The van der Waals surface area contributed by atoms with Gasteiger partial charge in [0.15, 0.2) is 0 Å². The molecule has 8 heteroatoms. The maximum atomic E-state index is 11.9. The van der Waals surface area contributed by atoms with Crippen LogP contribution in [0.4, 0.5) is 10.5 Å². The highest BCUT2D eigenvalue weighted by Crippen LogP contribution is 2.11. The molecule has 0 atom stereocenters. The van der Waals surface area contributed by atoms with Crippen molar-refractivity contribution >= 4 is 36.1 Å². The number of aryl methyl sites for hydroxylation is 1. The van der Waals surface area contributed by atoms with Crippen molar-refractivity contribution in [2.75, 3.05) is 25.5 Å². The largest absolute Gasteiger partial charge is 0.464 e. The summed E-state index contributed by atoms with van der Waals surface area (Å²) in [6.45, 7) is 4.24. The summed E-state index contributed by atoms with van der Waals surface area (Å²) in [5.41, 5.74) is 7.47. The number of halogens is 1. The Bertz CT molecular complexity index is 578. The van der Waals surface area contributed by atoms with Gasteiger partial charge in [0.05, 0.1) is 6.61 Å². The molecule has 7 nitrogen and oxygen atoms in total. The summed E-state index contributed by atoms with van der Waals surface area (Å²) < 4.78 is 4.95. The van der Waals surface area contributed by atoms with E-state index in [1.165, 1.54) is 4.90 Å².